The Balaban J connectivity index is 0. The molecule has 0 bridgehead atoms. The summed E-state index contributed by atoms with van der Waals surface area (Å²) >= 11 is 0. The van der Waals surface area contributed by atoms with E-state index in [4.69, 9.17) is 5.73 Å². The molecule has 0 spiro atoms. The van der Waals surface area contributed by atoms with Crippen LogP contribution in [0.4, 0.5) is 0 Å². The first-order chi connectivity index (χ1) is 11.8. The van der Waals surface area contributed by atoms with Crippen LogP contribution >= 0.6 is 0 Å². The van der Waals surface area contributed by atoms with Crippen LogP contribution in [0.25, 0.3) is 0 Å². The maximum Gasteiger partial charge on any atom is 1.00 e. The van der Waals surface area contributed by atoms with Gasteiger partial charge in [-0.15, -0.1) is 0 Å². The van der Waals surface area contributed by atoms with Crippen molar-refractivity contribution in [1.29, 1.82) is 0 Å². The molecule has 0 aliphatic rings. The number of unbranched alkanes of at least 4 members (excludes halogenated alkanes) is 12. The van der Waals surface area contributed by atoms with E-state index in [1.54, 1.807) is 0 Å². The van der Waals surface area contributed by atoms with Crippen molar-refractivity contribution >= 4 is 15.9 Å². The molecule has 0 amide bonds. The molecule has 0 aromatic carbocycles. The van der Waals surface area contributed by atoms with Crippen molar-refractivity contribution in [3.8, 4) is 0 Å². The van der Waals surface area contributed by atoms with E-state index in [2.05, 4.69) is 6.92 Å². The minimum atomic E-state index is -4.46. The van der Waals surface area contributed by atoms with Crippen LogP contribution < -0.4 is 35.3 Å². The first kappa shape index (κ1) is 28.7. The van der Waals surface area contributed by atoms with Crippen molar-refractivity contribution in [1.82, 2.24) is 0 Å². The third-order valence-electron chi connectivity index (χ3n) is 5.06. The topological polar surface area (TPSA) is 97.5 Å². The molecule has 0 aromatic rings. The van der Waals surface area contributed by atoms with Crippen LogP contribution in [0, 0.1) is 0 Å². The molecular formula is C19H39NNaO4S+. The summed E-state index contributed by atoms with van der Waals surface area (Å²) in [5.74, 6) is -0.486. The summed E-state index contributed by atoms with van der Waals surface area (Å²) in [5.41, 5.74) is 5.38. The number of rotatable bonds is 17. The fourth-order valence-corrected chi connectivity index (χ4v) is 3.53. The van der Waals surface area contributed by atoms with E-state index in [1.165, 1.54) is 64.7 Å². The molecule has 0 rings (SSSR count). The summed E-state index contributed by atoms with van der Waals surface area (Å²) in [6.45, 7) is 3.05. The monoisotopic (exact) mass is 400 g/mol. The van der Waals surface area contributed by atoms with Gasteiger partial charge >= 0.3 is 29.6 Å². The quantitative estimate of drug-likeness (QED) is 0.220. The summed E-state index contributed by atoms with van der Waals surface area (Å²) in [5, 5.41) is 0. The molecule has 1 atom stereocenters. The smallest absolute Gasteiger partial charge is 0.328 e. The first-order valence-corrected chi connectivity index (χ1v) is 11.4. The number of nitrogens with two attached hydrogens (primary N) is 1. The van der Waals surface area contributed by atoms with Crippen molar-refractivity contribution in [3.05, 3.63) is 0 Å². The number of carbonyl (C=O) groups is 1. The van der Waals surface area contributed by atoms with Gasteiger partial charge in [-0.2, -0.15) is 8.42 Å². The number of hydrogen-bond donors (Lipinski definition) is 2. The molecule has 0 heterocycles. The fourth-order valence-electron chi connectivity index (χ4n) is 2.93. The van der Waals surface area contributed by atoms with E-state index in [-0.39, 0.29) is 42.5 Å². The Morgan fingerprint density at radius 3 is 1.50 bits per heavy atom. The van der Waals surface area contributed by atoms with Crippen LogP contribution in [0.15, 0.2) is 0 Å². The van der Waals surface area contributed by atoms with Gasteiger partial charge in [0.1, 0.15) is 0 Å². The molecule has 5 nitrogen and oxygen atoms in total. The zero-order valence-electron chi connectivity index (χ0n) is 17.3. The van der Waals surface area contributed by atoms with Crippen molar-refractivity contribution < 1.29 is 47.3 Å². The van der Waals surface area contributed by atoms with Crippen LogP contribution in [0.2, 0.25) is 0 Å². The molecule has 150 valence electrons. The van der Waals surface area contributed by atoms with E-state index < -0.39 is 20.6 Å². The standard InChI is InChI=1S/C19H39NO4S.Na/c1-3-4-5-6-7-8-9-10-11-12-13-14-15-16-18(21)19(2,17-20)25(22,23)24;/h3-17,20H2,1-2H3,(H,22,23,24);/q;+1. The van der Waals surface area contributed by atoms with Crippen LogP contribution in [-0.2, 0) is 14.9 Å². The van der Waals surface area contributed by atoms with Crippen LogP contribution in [0.5, 0.6) is 0 Å². The maximum absolute atomic E-state index is 12.0. The second-order valence-corrected chi connectivity index (χ2v) is 9.18. The van der Waals surface area contributed by atoms with Crippen molar-refractivity contribution in [3.63, 3.8) is 0 Å². The van der Waals surface area contributed by atoms with Gasteiger partial charge in [0.2, 0.25) is 0 Å². The SMILES string of the molecule is CCCCCCCCCCCCCCCC(=O)C(C)(CN)S(=O)(=O)O.[Na+]. The summed E-state index contributed by atoms with van der Waals surface area (Å²) in [6, 6.07) is 0. The molecule has 0 fully saturated rings. The number of hydrogen-bond acceptors (Lipinski definition) is 4. The van der Waals surface area contributed by atoms with Gasteiger partial charge in [0, 0.05) is 13.0 Å². The Kier molecular flexibility index (Phi) is 18.2. The van der Waals surface area contributed by atoms with Crippen molar-refractivity contribution in [2.75, 3.05) is 6.54 Å². The van der Waals surface area contributed by atoms with E-state index in [0.29, 0.717) is 6.42 Å². The van der Waals surface area contributed by atoms with E-state index in [1.807, 2.05) is 0 Å². The second kappa shape index (κ2) is 16.5. The maximum atomic E-state index is 12.0. The normalized spacial score (nSPS) is 13.8. The summed E-state index contributed by atoms with van der Waals surface area (Å²) < 4.78 is 30.0. The number of carbonyl (C=O) groups excluding carboxylic acids is 1. The van der Waals surface area contributed by atoms with Gasteiger partial charge in [-0.1, -0.05) is 84.0 Å². The summed E-state index contributed by atoms with van der Waals surface area (Å²) in [6.07, 6.45) is 15.9. The van der Waals surface area contributed by atoms with Crippen molar-refractivity contribution in [2.24, 2.45) is 5.73 Å². The Hall–Kier alpha value is 0.540. The van der Waals surface area contributed by atoms with E-state index >= 15 is 0 Å². The van der Waals surface area contributed by atoms with Gasteiger partial charge in [-0.05, 0) is 13.3 Å². The molecule has 1 unspecified atom stereocenters. The van der Waals surface area contributed by atoms with E-state index in [9.17, 15) is 17.8 Å². The van der Waals surface area contributed by atoms with Gasteiger partial charge in [-0.25, -0.2) is 0 Å². The molecule has 0 radical (unpaired) electrons. The van der Waals surface area contributed by atoms with Gasteiger partial charge in [0.05, 0.1) is 0 Å². The molecule has 0 saturated heterocycles. The summed E-state index contributed by atoms with van der Waals surface area (Å²) in [4.78, 5) is 12.0. The predicted molar refractivity (Wildman–Crippen MR) is 104 cm³/mol. The largest absolute Gasteiger partial charge is 1.00 e. The second-order valence-electron chi connectivity index (χ2n) is 7.33. The molecule has 0 aliphatic carbocycles. The van der Waals surface area contributed by atoms with E-state index in [0.717, 1.165) is 19.3 Å². The Labute approximate surface area is 183 Å². The average Bonchev–Trinajstić information content (AvgIpc) is 2.56. The average molecular weight is 401 g/mol. The Morgan fingerprint density at radius 1 is 0.846 bits per heavy atom. The molecular weight excluding hydrogens is 361 g/mol. The van der Waals surface area contributed by atoms with Crippen molar-refractivity contribution in [2.45, 2.75) is 108 Å². The first-order valence-electron chi connectivity index (χ1n) is 10.00. The molecule has 7 heteroatoms. The van der Waals surface area contributed by atoms with Gasteiger partial charge in [-0.3, -0.25) is 9.35 Å². The summed E-state index contributed by atoms with van der Waals surface area (Å²) in [7, 11) is -4.46. The fraction of sp³-hybridized carbons (Fsp3) is 0.947. The Morgan fingerprint density at radius 2 is 1.19 bits per heavy atom. The Bertz CT molecular complexity index is 456. The molecule has 26 heavy (non-hydrogen) atoms. The molecule has 0 aromatic heterocycles. The number of Topliss-reactive ketones (excluding diaryl/α,β-unsaturated/α-hetero) is 1. The number of ketones is 1. The predicted octanol–water partition coefficient (Wildman–Crippen LogP) is 1.65. The zero-order valence-corrected chi connectivity index (χ0v) is 20.1. The molecule has 3 N–H and O–H groups in total. The molecule has 0 aliphatic heterocycles. The molecule has 0 saturated carbocycles. The van der Waals surface area contributed by atoms with Gasteiger partial charge in [0.15, 0.2) is 10.5 Å². The van der Waals surface area contributed by atoms with Crippen LogP contribution in [0.1, 0.15) is 104 Å². The van der Waals surface area contributed by atoms with Gasteiger partial charge in [0.25, 0.3) is 10.1 Å². The minimum Gasteiger partial charge on any atom is -0.328 e. The minimum absolute atomic E-state index is 0. The van der Waals surface area contributed by atoms with Crippen LogP contribution in [-0.4, -0.2) is 30.0 Å². The zero-order chi connectivity index (χ0) is 19.2. The van der Waals surface area contributed by atoms with Gasteiger partial charge < -0.3 is 5.73 Å². The third-order valence-corrected chi connectivity index (χ3v) is 6.59. The van der Waals surface area contributed by atoms with Crippen LogP contribution in [0.3, 0.4) is 0 Å². The third kappa shape index (κ3) is 12.1.